The second kappa shape index (κ2) is 6.39. The van der Waals surface area contributed by atoms with Crippen LogP contribution < -0.4 is 0 Å². The average molecular weight is 326 g/mol. The summed E-state index contributed by atoms with van der Waals surface area (Å²) < 4.78 is 0. The number of carbonyl (C=O) groups is 1. The SMILES string of the molecule is CC1(C)C=C(C(=O)c2ccccc2)C=CC1(N=C=S)N=C=S. The lowest BCUT2D eigenvalue weighted by atomic mass is 9.73. The number of allylic oxidation sites excluding steroid dienone is 2. The Labute approximate surface area is 140 Å². The molecule has 110 valence electrons. The van der Waals surface area contributed by atoms with E-state index >= 15 is 0 Å². The van der Waals surface area contributed by atoms with Gasteiger partial charge in [0, 0.05) is 16.6 Å². The first-order valence-corrected chi connectivity index (χ1v) is 7.47. The van der Waals surface area contributed by atoms with Crippen molar-refractivity contribution in [1.29, 1.82) is 0 Å². The molecule has 5 heteroatoms. The van der Waals surface area contributed by atoms with Gasteiger partial charge in [-0.25, -0.2) is 0 Å². The first-order valence-electron chi connectivity index (χ1n) is 6.66. The average Bonchev–Trinajstić information content (AvgIpc) is 2.50. The molecule has 3 nitrogen and oxygen atoms in total. The van der Waals surface area contributed by atoms with E-state index in [-0.39, 0.29) is 5.78 Å². The van der Waals surface area contributed by atoms with E-state index in [2.05, 4.69) is 20.3 Å². The van der Waals surface area contributed by atoms with Crippen LogP contribution in [0.1, 0.15) is 24.2 Å². The van der Waals surface area contributed by atoms with Crippen LogP contribution >= 0.6 is 24.4 Å². The van der Waals surface area contributed by atoms with Gasteiger partial charge in [0.1, 0.15) is 0 Å². The molecule has 0 radical (unpaired) electrons. The van der Waals surface area contributed by atoms with Crippen molar-refractivity contribution in [3.8, 4) is 0 Å². The molecule has 0 heterocycles. The third-order valence-electron chi connectivity index (χ3n) is 3.69. The predicted molar refractivity (Wildman–Crippen MR) is 94.6 cm³/mol. The quantitative estimate of drug-likeness (QED) is 0.471. The molecule has 0 amide bonds. The smallest absolute Gasteiger partial charge is 0.196 e. The molecule has 0 fully saturated rings. The van der Waals surface area contributed by atoms with Crippen LogP contribution in [0.2, 0.25) is 0 Å². The summed E-state index contributed by atoms with van der Waals surface area (Å²) in [4.78, 5) is 20.9. The number of hydrogen-bond acceptors (Lipinski definition) is 5. The van der Waals surface area contributed by atoms with E-state index < -0.39 is 11.1 Å². The number of thiocarbonyl (C=S) groups is 2. The molecule has 1 aromatic rings. The Bertz CT molecular complexity index is 732. The maximum atomic E-state index is 12.6. The van der Waals surface area contributed by atoms with Gasteiger partial charge in [-0.15, -0.1) is 0 Å². The van der Waals surface area contributed by atoms with Crippen LogP contribution in [-0.2, 0) is 0 Å². The van der Waals surface area contributed by atoms with Gasteiger partial charge in [-0.3, -0.25) is 4.79 Å². The second-order valence-electron chi connectivity index (χ2n) is 5.48. The monoisotopic (exact) mass is 326 g/mol. The zero-order valence-electron chi connectivity index (χ0n) is 12.2. The number of isothiocyanates is 2. The van der Waals surface area contributed by atoms with Gasteiger partial charge in [-0.2, -0.15) is 9.98 Å². The third kappa shape index (κ3) is 2.94. The van der Waals surface area contributed by atoms with Crippen molar-refractivity contribution in [3.63, 3.8) is 0 Å². The van der Waals surface area contributed by atoms with Crippen LogP contribution in [-0.4, -0.2) is 21.8 Å². The molecule has 22 heavy (non-hydrogen) atoms. The molecule has 0 saturated heterocycles. The minimum absolute atomic E-state index is 0.0452. The van der Waals surface area contributed by atoms with E-state index in [1.807, 2.05) is 38.1 Å². The summed E-state index contributed by atoms with van der Waals surface area (Å²) in [7, 11) is 0. The molecule has 0 spiro atoms. The zero-order valence-corrected chi connectivity index (χ0v) is 13.9. The zero-order chi connectivity index (χ0) is 16.2. The molecule has 0 atom stereocenters. The van der Waals surface area contributed by atoms with Gasteiger partial charge >= 0.3 is 0 Å². The Morgan fingerprint density at radius 3 is 2.18 bits per heavy atom. The highest BCUT2D eigenvalue weighted by Crippen LogP contribution is 2.42. The fourth-order valence-corrected chi connectivity index (χ4v) is 2.67. The summed E-state index contributed by atoms with van der Waals surface area (Å²) in [5.41, 5.74) is -0.361. The van der Waals surface area contributed by atoms with Gasteiger partial charge in [0.2, 0.25) is 0 Å². The van der Waals surface area contributed by atoms with E-state index in [1.54, 1.807) is 24.3 Å². The second-order valence-corrected chi connectivity index (χ2v) is 5.85. The van der Waals surface area contributed by atoms with E-state index in [9.17, 15) is 4.79 Å². The lowest BCUT2D eigenvalue weighted by molar-refractivity contribution is 0.103. The first-order chi connectivity index (χ1) is 10.5. The Kier molecular flexibility index (Phi) is 4.74. The van der Waals surface area contributed by atoms with Crippen molar-refractivity contribution in [2.45, 2.75) is 19.5 Å². The molecule has 1 aliphatic rings. The molecule has 0 saturated carbocycles. The van der Waals surface area contributed by atoms with Crippen molar-refractivity contribution < 1.29 is 4.79 Å². The number of benzene rings is 1. The normalized spacial score (nSPS) is 22.0. The fourth-order valence-electron chi connectivity index (χ4n) is 2.39. The van der Waals surface area contributed by atoms with Gasteiger partial charge in [0.15, 0.2) is 11.4 Å². The van der Waals surface area contributed by atoms with Gasteiger partial charge in [0.25, 0.3) is 0 Å². The van der Waals surface area contributed by atoms with Crippen molar-refractivity contribution in [2.24, 2.45) is 15.4 Å². The summed E-state index contributed by atoms with van der Waals surface area (Å²) in [6.07, 6.45) is 5.27. The van der Waals surface area contributed by atoms with Crippen molar-refractivity contribution in [2.75, 3.05) is 0 Å². The minimum Gasteiger partial charge on any atom is -0.289 e. The maximum absolute atomic E-state index is 12.6. The standard InChI is InChI=1S/C17H14N2OS2/c1-16(2)10-14(15(20)13-6-4-3-5-7-13)8-9-17(16,18-11-21)19-12-22/h3-10H,1-2H3. The molecular weight excluding hydrogens is 312 g/mol. The molecule has 1 aliphatic carbocycles. The third-order valence-corrected chi connectivity index (χ3v) is 3.87. The predicted octanol–water partition coefficient (Wildman–Crippen LogP) is 4.29. The van der Waals surface area contributed by atoms with Crippen LogP contribution in [0.15, 0.2) is 64.1 Å². The van der Waals surface area contributed by atoms with Crippen LogP contribution in [0.3, 0.4) is 0 Å². The largest absolute Gasteiger partial charge is 0.289 e. The van der Waals surface area contributed by atoms with Crippen LogP contribution in [0.5, 0.6) is 0 Å². The van der Waals surface area contributed by atoms with E-state index in [0.29, 0.717) is 11.1 Å². The fraction of sp³-hybridized carbons (Fsp3) is 0.235. The summed E-state index contributed by atoms with van der Waals surface area (Å²) >= 11 is 9.44. The summed E-state index contributed by atoms with van der Waals surface area (Å²) in [5, 5.41) is 4.71. The number of carbonyl (C=O) groups excluding carboxylic acids is 1. The number of rotatable bonds is 4. The van der Waals surface area contributed by atoms with Crippen LogP contribution in [0, 0.1) is 5.41 Å². The highest BCUT2D eigenvalue weighted by Gasteiger charge is 2.44. The van der Waals surface area contributed by atoms with Crippen molar-refractivity contribution in [1.82, 2.24) is 0 Å². The molecule has 0 bridgehead atoms. The Morgan fingerprint density at radius 2 is 1.68 bits per heavy atom. The van der Waals surface area contributed by atoms with E-state index in [4.69, 9.17) is 24.4 Å². The number of ketones is 1. The van der Waals surface area contributed by atoms with E-state index in [0.717, 1.165) is 0 Å². The van der Waals surface area contributed by atoms with Crippen molar-refractivity contribution >= 4 is 40.5 Å². The topological polar surface area (TPSA) is 41.8 Å². The molecule has 2 rings (SSSR count). The molecule has 0 aliphatic heterocycles. The molecule has 0 unspecified atom stereocenters. The van der Waals surface area contributed by atoms with Gasteiger partial charge in [-0.05, 0) is 30.5 Å². The molecular formula is C17H14N2OS2. The molecule has 0 aromatic heterocycles. The van der Waals surface area contributed by atoms with Gasteiger partial charge < -0.3 is 0 Å². The molecule has 1 aromatic carbocycles. The Hall–Kier alpha value is -2.03. The van der Waals surface area contributed by atoms with E-state index in [1.165, 1.54) is 0 Å². The van der Waals surface area contributed by atoms with Crippen LogP contribution in [0.25, 0.3) is 0 Å². The highest BCUT2D eigenvalue weighted by atomic mass is 32.1. The number of nitrogens with zero attached hydrogens (tertiary/aromatic N) is 2. The van der Waals surface area contributed by atoms with Gasteiger partial charge in [0.05, 0.1) is 10.3 Å². The van der Waals surface area contributed by atoms with Gasteiger partial charge in [-0.1, -0.05) is 56.3 Å². The summed E-state index contributed by atoms with van der Waals surface area (Å²) in [6.45, 7) is 3.84. The maximum Gasteiger partial charge on any atom is 0.196 e. The number of hydrogen-bond donors (Lipinski definition) is 0. The first kappa shape index (κ1) is 16.3. The van der Waals surface area contributed by atoms with Crippen molar-refractivity contribution in [3.05, 3.63) is 59.7 Å². The summed E-state index contributed by atoms with van der Waals surface area (Å²) in [5.74, 6) is -0.0452. The number of Topliss-reactive ketones (excluding diaryl/α,β-unsaturated/α-hetero) is 1. The lowest BCUT2D eigenvalue weighted by Crippen LogP contribution is -2.40. The molecule has 0 N–H and O–H groups in total. The number of aliphatic imine (C=N–C) groups is 2. The minimum atomic E-state index is -1.00. The Morgan fingerprint density at radius 1 is 1.09 bits per heavy atom. The van der Waals surface area contributed by atoms with Crippen LogP contribution in [0.4, 0.5) is 0 Å². The highest BCUT2D eigenvalue weighted by molar-refractivity contribution is 7.78. The Balaban J connectivity index is 2.47. The summed E-state index contributed by atoms with van der Waals surface area (Å²) in [6, 6.07) is 9.12. The lowest BCUT2D eigenvalue weighted by Gasteiger charge is -2.37.